The Labute approximate surface area is 102 Å². The Hall–Kier alpha value is -1.07. The van der Waals surface area contributed by atoms with Crippen molar-refractivity contribution in [1.82, 2.24) is 0 Å². The van der Waals surface area contributed by atoms with Gasteiger partial charge in [0.1, 0.15) is 5.75 Å². The molecule has 0 bridgehead atoms. The minimum Gasteiger partial charge on any atom is -0.492 e. The van der Waals surface area contributed by atoms with Crippen LogP contribution in [0, 0.1) is 0 Å². The molecule has 0 aliphatic carbocycles. The van der Waals surface area contributed by atoms with Crippen LogP contribution in [0.4, 0.5) is 0 Å². The first kappa shape index (κ1) is 12.4. The Balaban J connectivity index is 2.48. The lowest BCUT2D eigenvalue weighted by Gasteiger charge is -2.15. The molecule has 0 aromatic heterocycles. The van der Waals surface area contributed by atoms with Crippen molar-refractivity contribution < 1.29 is 17.3 Å². The van der Waals surface area contributed by atoms with Crippen LogP contribution in [-0.2, 0) is 19.7 Å². The molecule has 1 aromatic rings. The Morgan fingerprint density at radius 3 is 2.76 bits per heavy atom. The normalized spacial score (nSPS) is 17.6. The lowest BCUT2D eigenvalue weighted by molar-refractivity contribution is 0.291. The van der Waals surface area contributed by atoms with Gasteiger partial charge in [0, 0.05) is 11.0 Å². The minimum absolute atomic E-state index is 0.138. The Bertz CT molecular complexity index is 531. The highest BCUT2D eigenvalue weighted by Crippen LogP contribution is 2.39. The number of rotatable bonds is 3. The third-order valence-electron chi connectivity index (χ3n) is 2.83. The van der Waals surface area contributed by atoms with Crippen LogP contribution >= 0.6 is 0 Å². The predicted octanol–water partition coefficient (Wildman–Crippen LogP) is 2.08. The zero-order chi connectivity index (χ0) is 12.7. The zero-order valence-electron chi connectivity index (χ0n) is 10.2. The summed E-state index contributed by atoms with van der Waals surface area (Å²) >= 11 is 0. The van der Waals surface area contributed by atoms with Gasteiger partial charge < -0.3 is 4.74 Å². The van der Waals surface area contributed by atoms with E-state index in [0.29, 0.717) is 6.61 Å². The van der Waals surface area contributed by atoms with Gasteiger partial charge in [0.2, 0.25) is 0 Å². The Morgan fingerprint density at radius 1 is 1.41 bits per heavy atom. The monoisotopic (exact) mass is 256 g/mol. The van der Waals surface area contributed by atoms with E-state index in [1.807, 2.05) is 13.8 Å². The second kappa shape index (κ2) is 3.99. The van der Waals surface area contributed by atoms with E-state index in [2.05, 4.69) is 0 Å². The summed E-state index contributed by atoms with van der Waals surface area (Å²) in [4.78, 5) is 0.191. The average molecular weight is 256 g/mol. The van der Waals surface area contributed by atoms with Gasteiger partial charge >= 0.3 is 0 Å². The molecule has 2 rings (SSSR count). The molecule has 0 atom stereocenters. The molecule has 17 heavy (non-hydrogen) atoms. The van der Waals surface area contributed by atoms with E-state index in [4.69, 9.17) is 8.92 Å². The molecule has 0 fully saturated rings. The maximum atomic E-state index is 11.8. The van der Waals surface area contributed by atoms with E-state index < -0.39 is 10.1 Å². The van der Waals surface area contributed by atoms with Gasteiger partial charge in [-0.2, -0.15) is 8.42 Å². The van der Waals surface area contributed by atoms with Crippen LogP contribution in [0.1, 0.15) is 26.3 Å². The third kappa shape index (κ3) is 2.17. The van der Waals surface area contributed by atoms with Gasteiger partial charge in [-0.15, -0.1) is 0 Å². The second-order valence-electron chi connectivity index (χ2n) is 4.69. The van der Waals surface area contributed by atoms with Crippen molar-refractivity contribution >= 4 is 10.1 Å². The van der Waals surface area contributed by atoms with Crippen LogP contribution in [0.25, 0.3) is 0 Å². The SMILES string of the molecule is CCOS(=O)(=O)c1ccc2c(c1)C(C)(C)CO2. The highest BCUT2D eigenvalue weighted by Gasteiger charge is 2.33. The first-order valence-electron chi connectivity index (χ1n) is 5.53. The van der Waals surface area contributed by atoms with E-state index in [1.54, 1.807) is 19.1 Å². The molecule has 1 aliphatic heterocycles. The van der Waals surface area contributed by atoms with Crippen LogP contribution in [0.3, 0.4) is 0 Å². The predicted molar refractivity (Wildman–Crippen MR) is 63.8 cm³/mol. The molecule has 4 nitrogen and oxygen atoms in total. The number of benzene rings is 1. The minimum atomic E-state index is -3.64. The smallest absolute Gasteiger partial charge is 0.296 e. The van der Waals surface area contributed by atoms with Gasteiger partial charge in [-0.05, 0) is 25.1 Å². The topological polar surface area (TPSA) is 52.6 Å². The van der Waals surface area contributed by atoms with Gasteiger partial charge in [-0.25, -0.2) is 0 Å². The molecule has 0 amide bonds. The van der Waals surface area contributed by atoms with E-state index in [1.165, 1.54) is 6.07 Å². The van der Waals surface area contributed by atoms with Crippen LogP contribution < -0.4 is 4.74 Å². The highest BCUT2D eigenvalue weighted by molar-refractivity contribution is 7.86. The molecule has 0 spiro atoms. The molecule has 5 heteroatoms. The van der Waals surface area contributed by atoms with E-state index >= 15 is 0 Å². The molecule has 0 saturated carbocycles. The summed E-state index contributed by atoms with van der Waals surface area (Å²) in [6.45, 7) is 6.41. The summed E-state index contributed by atoms with van der Waals surface area (Å²) in [6.07, 6.45) is 0. The molecule has 1 aliphatic rings. The van der Waals surface area contributed by atoms with Crippen LogP contribution in [-0.4, -0.2) is 21.6 Å². The summed E-state index contributed by atoms with van der Waals surface area (Å²) in [7, 11) is -3.64. The molecule has 0 radical (unpaired) electrons. The molecule has 0 saturated heterocycles. The van der Waals surface area contributed by atoms with Gasteiger partial charge in [-0.3, -0.25) is 4.18 Å². The van der Waals surface area contributed by atoms with E-state index in [9.17, 15) is 8.42 Å². The summed E-state index contributed by atoms with van der Waals surface area (Å²) < 4.78 is 33.8. The number of hydrogen-bond donors (Lipinski definition) is 0. The fraction of sp³-hybridized carbons (Fsp3) is 0.500. The average Bonchev–Trinajstić information content (AvgIpc) is 2.55. The standard InChI is InChI=1S/C12H16O4S/c1-4-16-17(13,14)9-5-6-11-10(7-9)12(2,3)8-15-11/h5-7H,4,8H2,1-3H3. The largest absolute Gasteiger partial charge is 0.492 e. The summed E-state index contributed by atoms with van der Waals surface area (Å²) in [5.41, 5.74) is 0.755. The molecule has 94 valence electrons. The fourth-order valence-corrected chi connectivity index (χ4v) is 2.82. The van der Waals surface area contributed by atoms with E-state index in [-0.39, 0.29) is 16.9 Å². The number of fused-ring (bicyclic) bond motifs is 1. The van der Waals surface area contributed by atoms with Gasteiger partial charge in [0.15, 0.2) is 0 Å². The second-order valence-corrected chi connectivity index (χ2v) is 6.31. The summed E-state index contributed by atoms with van der Waals surface area (Å²) in [6, 6.07) is 4.86. The van der Waals surface area contributed by atoms with Crippen LogP contribution in [0.15, 0.2) is 23.1 Å². The molecular formula is C12H16O4S. The molecule has 0 N–H and O–H groups in total. The maximum Gasteiger partial charge on any atom is 0.296 e. The highest BCUT2D eigenvalue weighted by atomic mass is 32.2. The summed E-state index contributed by atoms with van der Waals surface area (Å²) in [5.74, 6) is 0.755. The molecular weight excluding hydrogens is 240 g/mol. The van der Waals surface area contributed by atoms with E-state index in [0.717, 1.165) is 11.3 Å². The third-order valence-corrected chi connectivity index (χ3v) is 4.21. The van der Waals surface area contributed by atoms with Crippen molar-refractivity contribution in [3.05, 3.63) is 23.8 Å². The van der Waals surface area contributed by atoms with Crippen molar-refractivity contribution in [3.63, 3.8) is 0 Å². The first-order valence-corrected chi connectivity index (χ1v) is 6.94. The number of hydrogen-bond acceptors (Lipinski definition) is 4. The van der Waals surface area contributed by atoms with Crippen LogP contribution in [0.2, 0.25) is 0 Å². The molecule has 1 heterocycles. The lowest BCUT2D eigenvalue weighted by Crippen LogP contribution is -2.18. The molecule has 1 aromatic carbocycles. The van der Waals surface area contributed by atoms with Gasteiger partial charge in [0.05, 0.1) is 18.1 Å². The van der Waals surface area contributed by atoms with Crippen molar-refractivity contribution in [2.75, 3.05) is 13.2 Å². The van der Waals surface area contributed by atoms with Gasteiger partial charge in [-0.1, -0.05) is 13.8 Å². The van der Waals surface area contributed by atoms with Crippen molar-refractivity contribution in [2.24, 2.45) is 0 Å². The first-order chi connectivity index (χ1) is 7.87. The van der Waals surface area contributed by atoms with Crippen molar-refractivity contribution in [3.8, 4) is 5.75 Å². The Morgan fingerprint density at radius 2 is 2.12 bits per heavy atom. The fourth-order valence-electron chi connectivity index (χ4n) is 1.88. The van der Waals surface area contributed by atoms with Crippen LogP contribution in [0.5, 0.6) is 5.75 Å². The Kier molecular flexibility index (Phi) is 2.91. The van der Waals surface area contributed by atoms with Crippen molar-refractivity contribution in [2.45, 2.75) is 31.1 Å². The lowest BCUT2D eigenvalue weighted by atomic mass is 9.87. The van der Waals surface area contributed by atoms with Gasteiger partial charge in [0.25, 0.3) is 10.1 Å². The zero-order valence-corrected chi connectivity index (χ0v) is 11.0. The molecule has 0 unspecified atom stereocenters. The van der Waals surface area contributed by atoms with Crippen molar-refractivity contribution in [1.29, 1.82) is 0 Å². The quantitative estimate of drug-likeness (QED) is 0.777. The number of ether oxygens (including phenoxy) is 1. The maximum absolute atomic E-state index is 11.8. The summed E-state index contributed by atoms with van der Waals surface area (Å²) in [5, 5.41) is 0.